The number of hydrogen-bond donors (Lipinski definition) is 3. The molecule has 6 nitrogen and oxygen atoms in total. The summed E-state index contributed by atoms with van der Waals surface area (Å²) in [6.45, 7) is 0.154. The van der Waals surface area contributed by atoms with Crippen LogP contribution in [0, 0.1) is 5.82 Å². The molecule has 2 aromatic carbocycles. The van der Waals surface area contributed by atoms with Crippen LogP contribution < -0.4 is 15.4 Å². The summed E-state index contributed by atoms with van der Waals surface area (Å²) in [5.74, 6) is -1.10. The van der Waals surface area contributed by atoms with Crippen molar-refractivity contribution < 1.29 is 27.7 Å². The minimum Gasteiger partial charge on any atom is -0.492 e. The molecule has 0 aliphatic carbocycles. The van der Waals surface area contributed by atoms with Crippen molar-refractivity contribution in [3.63, 3.8) is 0 Å². The molecule has 142 valence electrons. The molecule has 0 spiro atoms. The molecule has 0 saturated carbocycles. The highest BCUT2D eigenvalue weighted by atomic mass is 35.5. The van der Waals surface area contributed by atoms with Gasteiger partial charge < -0.3 is 20.5 Å². The normalized spacial score (nSPS) is 15.4. The zero-order valence-corrected chi connectivity index (χ0v) is 15.2. The van der Waals surface area contributed by atoms with E-state index in [9.17, 15) is 17.9 Å². The molecule has 3 N–H and O–H groups in total. The van der Waals surface area contributed by atoms with Gasteiger partial charge in [-0.15, -0.1) is 0 Å². The van der Waals surface area contributed by atoms with E-state index in [1.54, 1.807) is 0 Å². The number of halogens is 3. The zero-order valence-electron chi connectivity index (χ0n) is 13.6. The lowest BCUT2D eigenvalue weighted by Crippen LogP contribution is -2.32. The maximum atomic E-state index is 13.3. The number of hydrogen-bond acceptors (Lipinski definition) is 4. The summed E-state index contributed by atoms with van der Waals surface area (Å²) in [6.07, 6.45) is -0.968. The number of rotatable bonds is 4. The predicted molar refractivity (Wildman–Crippen MR) is 96.8 cm³/mol. The fraction of sp³-hybridized carbons (Fsp3) is 0.176. The van der Waals surface area contributed by atoms with Gasteiger partial charge >= 0.3 is 6.09 Å². The van der Waals surface area contributed by atoms with Crippen LogP contribution >= 0.6 is 23.7 Å². The lowest BCUT2D eigenvalue weighted by Gasteiger charge is -2.28. The zero-order chi connectivity index (χ0) is 19.6. The minimum absolute atomic E-state index is 0.0615. The third-order valence-corrected chi connectivity index (χ3v) is 4.77. The fourth-order valence-corrected chi connectivity index (χ4v) is 3.42. The Morgan fingerprint density at radius 3 is 2.74 bits per heavy atom. The van der Waals surface area contributed by atoms with Crippen molar-refractivity contribution in [2.24, 2.45) is 0 Å². The molecule has 27 heavy (non-hydrogen) atoms. The molecular weight excluding hydrogens is 402 g/mol. The number of nitrogens with one attached hydrogen (secondary N) is 2. The van der Waals surface area contributed by atoms with Gasteiger partial charge in [0.2, 0.25) is 0 Å². The topological polar surface area (TPSA) is 87.7 Å². The van der Waals surface area contributed by atoms with Crippen molar-refractivity contribution >= 4 is 41.4 Å². The Balaban J connectivity index is 1.97. The Labute approximate surface area is 162 Å². The number of carbonyl (C=O) groups excluding carboxylic acids is 1. The van der Waals surface area contributed by atoms with E-state index < -0.39 is 23.9 Å². The SMILES string of the molecule is O=C(O)N[C@@H]1CCOc2c(C(=O)Nc3ccc(F)c(Cl)c3)ccc(SF)c21. The first kappa shape index (κ1) is 19.2. The Morgan fingerprint density at radius 1 is 1.30 bits per heavy atom. The lowest BCUT2D eigenvalue weighted by atomic mass is 9.97. The van der Waals surface area contributed by atoms with Gasteiger partial charge in [-0.25, -0.2) is 9.18 Å². The van der Waals surface area contributed by atoms with Crippen LogP contribution in [0.1, 0.15) is 28.4 Å². The Bertz CT molecular complexity index is 913. The van der Waals surface area contributed by atoms with Crippen LogP contribution in [0.15, 0.2) is 35.2 Å². The van der Waals surface area contributed by atoms with Gasteiger partial charge in [0.25, 0.3) is 5.91 Å². The van der Waals surface area contributed by atoms with E-state index in [1.807, 2.05) is 0 Å². The average Bonchev–Trinajstić information content (AvgIpc) is 2.63. The average molecular weight is 415 g/mol. The first-order valence-electron chi connectivity index (χ1n) is 7.75. The maximum Gasteiger partial charge on any atom is 0.405 e. The highest BCUT2D eigenvalue weighted by Gasteiger charge is 2.30. The van der Waals surface area contributed by atoms with Gasteiger partial charge in [0.1, 0.15) is 11.6 Å². The molecule has 0 fully saturated rings. The molecule has 2 amide bonds. The van der Waals surface area contributed by atoms with Crippen LogP contribution in [0.3, 0.4) is 0 Å². The van der Waals surface area contributed by atoms with Crippen molar-refractivity contribution in [1.82, 2.24) is 5.32 Å². The molecule has 1 aliphatic heterocycles. The largest absolute Gasteiger partial charge is 0.492 e. The van der Waals surface area contributed by atoms with Crippen LogP contribution in [0.4, 0.5) is 18.8 Å². The molecular formula is C17H13ClF2N2O4S. The molecule has 0 radical (unpaired) electrons. The molecule has 2 aromatic rings. The molecule has 0 saturated heterocycles. The van der Waals surface area contributed by atoms with Gasteiger partial charge in [-0.2, -0.15) is 3.89 Å². The molecule has 10 heteroatoms. The minimum atomic E-state index is -1.27. The second-order valence-electron chi connectivity index (χ2n) is 5.65. The molecule has 1 heterocycles. The molecule has 0 bridgehead atoms. The Kier molecular flexibility index (Phi) is 5.71. The van der Waals surface area contributed by atoms with E-state index in [0.29, 0.717) is 6.42 Å². The van der Waals surface area contributed by atoms with Crippen LogP contribution in [-0.4, -0.2) is 23.7 Å². The van der Waals surface area contributed by atoms with E-state index in [4.69, 9.17) is 21.4 Å². The Hall–Kier alpha value is -2.52. The second kappa shape index (κ2) is 8.01. The summed E-state index contributed by atoms with van der Waals surface area (Å²) < 4.78 is 32.1. The first-order chi connectivity index (χ1) is 12.9. The van der Waals surface area contributed by atoms with Crippen molar-refractivity contribution in [1.29, 1.82) is 0 Å². The second-order valence-corrected chi connectivity index (χ2v) is 6.65. The molecule has 0 unspecified atom stereocenters. The first-order valence-corrected chi connectivity index (χ1v) is 8.84. The number of carboxylic acid groups (broad SMARTS) is 1. The van der Waals surface area contributed by atoms with Crippen LogP contribution in [0.5, 0.6) is 5.75 Å². The van der Waals surface area contributed by atoms with Crippen molar-refractivity contribution in [3.8, 4) is 5.75 Å². The smallest absolute Gasteiger partial charge is 0.405 e. The van der Waals surface area contributed by atoms with Gasteiger partial charge in [0.15, 0.2) is 0 Å². The van der Waals surface area contributed by atoms with Crippen LogP contribution in [-0.2, 0) is 0 Å². The fourth-order valence-electron chi connectivity index (χ4n) is 2.80. The lowest BCUT2D eigenvalue weighted by molar-refractivity contribution is 0.102. The summed E-state index contributed by atoms with van der Waals surface area (Å²) in [5, 5.41) is 13.7. The summed E-state index contributed by atoms with van der Waals surface area (Å²) in [6, 6.07) is 5.75. The highest BCUT2D eigenvalue weighted by Crippen LogP contribution is 2.42. The molecule has 1 atom stereocenters. The number of ether oxygens (including phenoxy) is 1. The van der Waals surface area contributed by atoms with E-state index in [0.717, 1.165) is 6.07 Å². The van der Waals surface area contributed by atoms with Gasteiger partial charge in [-0.3, -0.25) is 4.79 Å². The molecule has 3 rings (SSSR count). The number of fused-ring (bicyclic) bond motifs is 1. The van der Waals surface area contributed by atoms with Gasteiger partial charge in [-0.1, -0.05) is 11.6 Å². The van der Waals surface area contributed by atoms with E-state index in [1.165, 1.54) is 24.3 Å². The van der Waals surface area contributed by atoms with Crippen molar-refractivity contribution in [2.75, 3.05) is 11.9 Å². The van der Waals surface area contributed by atoms with E-state index in [-0.39, 0.29) is 51.2 Å². The Morgan fingerprint density at radius 2 is 2.07 bits per heavy atom. The summed E-state index contributed by atoms with van der Waals surface area (Å²) in [7, 11) is 0. The van der Waals surface area contributed by atoms with Crippen LogP contribution in [0.2, 0.25) is 5.02 Å². The van der Waals surface area contributed by atoms with E-state index in [2.05, 4.69) is 10.6 Å². The number of anilines is 1. The predicted octanol–water partition coefficient (Wildman–Crippen LogP) is 4.80. The standard InChI is InChI=1S/C17H13ClF2N2O4S/c18-10-7-8(1-3-11(10)19)21-16(23)9-2-4-13(27-20)14-12(22-17(24)25)5-6-26-15(9)14/h1-4,7,12,22H,5-6H2,(H,21,23)(H,24,25)/t12-/m1/s1. The summed E-state index contributed by atoms with van der Waals surface area (Å²) in [4.78, 5) is 23.8. The van der Waals surface area contributed by atoms with Gasteiger partial charge in [-0.05, 0) is 30.3 Å². The third kappa shape index (κ3) is 4.09. The van der Waals surface area contributed by atoms with Crippen LogP contribution in [0.25, 0.3) is 0 Å². The van der Waals surface area contributed by atoms with Crippen molar-refractivity contribution in [2.45, 2.75) is 17.4 Å². The molecule has 0 aromatic heterocycles. The number of carbonyl (C=O) groups is 2. The molecule has 1 aliphatic rings. The maximum absolute atomic E-state index is 13.3. The highest BCUT2D eigenvalue weighted by molar-refractivity contribution is 7.94. The number of amides is 2. The van der Waals surface area contributed by atoms with Gasteiger partial charge in [0.05, 0.1) is 35.4 Å². The quantitative estimate of drug-likeness (QED) is 0.669. The third-order valence-electron chi connectivity index (χ3n) is 3.96. The van der Waals surface area contributed by atoms with E-state index >= 15 is 0 Å². The van der Waals surface area contributed by atoms with Crippen molar-refractivity contribution in [3.05, 3.63) is 52.3 Å². The van der Waals surface area contributed by atoms with Gasteiger partial charge in [0, 0.05) is 22.6 Å². The summed E-state index contributed by atoms with van der Waals surface area (Å²) >= 11 is 5.64. The number of benzene rings is 2. The monoisotopic (exact) mass is 414 g/mol. The summed E-state index contributed by atoms with van der Waals surface area (Å²) in [5.41, 5.74) is 0.626.